The van der Waals surface area contributed by atoms with Gasteiger partial charge in [0.05, 0.1) is 0 Å². The Morgan fingerprint density at radius 1 is 1.31 bits per heavy atom. The molecule has 0 saturated heterocycles. The van der Waals surface area contributed by atoms with Gasteiger partial charge in [-0.15, -0.1) is 0 Å². The second-order valence-corrected chi connectivity index (χ2v) is 4.65. The number of rotatable bonds is 6. The second kappa shape index (κ2) is 6.48. The lowest BCUT2D eigenvalue weighted by atomic mass is 10.1. The fourth-order valence-corrected chi connectivity index (χ4v) is 1.34. The molecule has 0 aliphatic carbocycles. The van der Waals surface area contributed by atoms with Crippen LogP contribution in [0, 0.1) is 0 Å². The van der Waals surface area contributed by atoms with Crippen LogP contribution in [0.3, 0.4) is 0 Å². The van der Waals surface area contributed by atoms with Crippen molar-refractivity contribution in [1.82, 2.24) is 10.2 Å². The Balaban J connectivity index is 4.39. The Morgan fingerprint density at radius 2 is 1.88 bits per heavy atom. The molecule has 0 atom stereocenters. The molecule has 5 nitrogen and oxygen atoms in total. The van der Waals surface area contributed by atoms with Crippen LogP contribution in [0.2, 0.25) is 0 Å². The molecular weight excluding hydrogens is 208 g/mol. The summed E-state index contributed by atoms with van der Waals surface area (Å²) in [5.41, 5.74) is -0.457. The van der Waals surface area contributed by atoms with E-state index in [2.05, 4.69) is 5.32 Å². The maximum atomic E-state index is 11.8. The first-order chi connectivity index (χ1) is 7.29. The van der Waals surface area contributed by atoms with Gasteiger partial charge in [-0.1, -0.05) is 6.92 Å². The summed E-state index contributed by atoms with van der Waals surface area (Å²) < 4.78 is 0. The van der Waals surface area contributed by atoms with Crippen LogP contribution in [0.5, 0.6) is 0 Å². The highest BCUT2D eigenvalue weighted by Crippen LogP contribution is 2.14. The van der Waals surface area contributed by atoms with Crippen molar-refractivity contribution < 1.29 is 14.7 Å². The topological polar surface area (TPSA) is 69.6 Å². The molecule has 0 spiro atoms. The summed E-state index contributed by atoms with van der Waals surface area (Å²) in [6.45, 7) is 8.62. The van der Waals surface area contributed by atoms with Crippen LogP contribution in [0.4, 0.5) is 0 Å². The molecule has 0 heterocycles. The molecule has 0 aliphatic rings. The third kappa shape index (κ3) is 5.70. The third-order valence-electron chi connectivity index (χ3n) is 2.17. The van der Waals surface area contributed by atoms with E-state index in [-0.39, 0.29) is 12.5 Å². The van der Waals surface area contributed by atoms with Crippen molar-refractivity contribution in [3.8, 4) is 0 Å². The van der Waals surface area contributed by atoms with Gasteiger partial charge in [-0.25, -0.2) is 0 Å². The van der Waals surface area contributed by atoms with Crippen LogP contribution < -0.4 is 5.32 Å². The quantitative estimate of drug-likeness (QED) is 0.659. The van der Waals surface area contributed by atoms with E-state index in [4.69, 9.17) is 5.11 Å². The minimum Gasteiger partial charge on any atom is -0.480 e. The van der Waals surface area contributed by atoms with Crippen molar-refractivity contribution >= 4 is 11.9 Å². The van der Waals surface area contributed by atoms with Gasteiger partial charge in [-0.3, -0.25) is 9.59 Å². The van der Waals surface area contributed by atoms with E-state index < -0.39 is 11.5 Å². The summed E-state index contributed by atoms with van der Waals surface area (Å²) in [5.74, 6) is -1.11. The van der Waals surface area contributed by atoms with E-state index in [1.807, 2.05) is 27.7 Å². The minimum absolute atomic E-state index is 0.129. The maximum Gasteiger partial charge on any atom is 0.323 e. The lowest BCUT2D eigenvalue weighted by Gasteiger charge is -2.34. The van der Waals surface area contributed by atoms with E-state index in [1.165, 1.54) is 4.90 Å². The molecule has 16 heavy (non-hydrogen) atoms. The highest BCUT2D eigenvalue weighted by molar-refractivity contribution is 5.82. The van der Waals surface area contributed by atoms with Crippen molar-refractivity contribution in [3.05, 3.63) is 0 Å². The van der Waals surface area contributed by atoms with E-state index in [1.54, 1.807) is 0 Å². The number of hydrogen-bond acceptors (Lipinski definition) is 3. The normalized spacial score (nSPS) is 11.2. The van der Waals surface area contributed by atoms with E-state index in [9.17, 15) is 9.59 Å². The summed E-state index contributed by atoms with van der Waals surface area (Å²) in [6, 6.07) is 0. The molecule has 2 N–H and O–H groups in total. The fourth-order valence-electron chi connectivity index (χ4n) is 1.34. The molecule has 94 valence electrons. The molecule has 0 unspecified atom stereocenters. The summed E-state index contributed by atoms with van der Waals surface area (Å²) in [6.07, 6.45) is 0.332. The number of hydrogen-bond donors (Lipinski definition) is 2. The number of carboxylic acids is 1. The average molecular weight is 230 g/mol. The van der Waals surface area contributed by atoms with Gasteiger partial charge in [0.2, 0.25) is 5.91 Å². The Hall–Kier alpha value is -1.10. The van der Waals surface area contributed by atoms with Gasteiger partial charge >= 0.3 is 5.97 Å². The van der Waals surface area contributed by atoms with Crippen LogP contribution in [0.15, 0.2) is 0 Å². The monoisotopic (exact) mass is 230 g/mol. The molecule has 0 rings (SSSR count). The Bertz CT molecular complexity index is 246. The van der Waals surface area contributed by atoms with Crippen LogP contribution in [0.25, 0.3) is 0 Å². The van der Waals surface area contributed by atoms with Crippen molar-refractivity contribution in [1.29, 1.82) is 0 Å². The van der Waals surface area contributed by atoms with Crippen LogP contribution >= 0.6 is 0 Å². The van der Waals surface area contributed by atoms with Crippen LogP contribution in [-0.4, -0.2) is 47.1 Å². The largest absolute Gasteiger partial charge is 0.480 e. The first-order valence-corrected chi connectivity index (χ1v) is 5.52. The number of carbonyl (C=O) groups is 2. The number of nitrogens with one attached hydrogen (secondary N) is 1. The Kier molecular flexibility index (Phi) is 6.03. The standard InChI is InChI=1S/C11H22N2O3/c1-5-12-7-6-9(14)13(8-10(15)16)11(2,3)4/h12H,5-8H2,1-4H3,(H,15,16). The van der Waals surface area contributed by atoms with Gasteiger partial charge in [0.1, 0.15) is 6.54 Å². The Labute approximate surface area is 96.8 Å². The predicted octanol–water partition coefficient (Wildman–Crippen LogP) is 0.698. The molecule has 1 amide bonds. The zero-order chi connectivity index (χ0) is 12.8. The van der Waals surface area contributed by atoms with Gasteiger partial charge in [-0.2, -0.15) is 0 Å². The van der Waals surface area contributed by atoms with Crippen molar-refractivity contribution in [3.63, 3.8) is 0 Å². The molecule has 0 fully saturated rings. The fraction of sp³-hybridized carbons (Fsp3) is 0.818. The van der Waals surface area contributed by atoms with Gasteiger partial charge in [0.15, 0.2) is 0 Å². The molecule has 0 bridgehead atoms. The molecule has 0 saturated carbocycles. The van der Waals surface area contributed by atoms with Gasteiger partial charge in [-0.05, 0) is 27.3 Å². The summed E-state index contributed by atoms with van der Waals surface area (Å²) in [7, 11) is 0. The molecule has 5 heteroatoms. The van der Waals surface area contributed by atoms with Gasteiger partial charge in [0.25, 0.3) is 0 Å². The smallest absolute Gasteiger partial charge is 0.323 e. The van der Waals surface area contributed by atoms with E-state index in [0.29, 0.717) is 13.0 Å². The van der Waals surface area contributed by atoms with Crippen molar-refractivity contribution in [2.24, 2.45) is 0 Å². The zero-order valence-electron chi connectivity index (χ0n) is 10.5. The molecular formula is C11H22N2O3. The third-order valence-corrected chi connectivity index (χ3v) is 2.17. The highest BCUT2D eigenvalue weighted by Gasteiger charge is 2.27. The average Bonchev–Trinajstić information content (AvgIpc) is 2.12. The lowest BCUT2D eigenvalue weighted by Crippen LogP contribution is -2.48. The maximum absolute atomic E-state index is 11.8. The number of aliphatic carboxylic acids is 1. The first-order valence-electron chi connectivity index (χ1n) is 5.52. The van der Waals surface area contributed by atoms with E-state index in [0.717, 1.165) is 6.54 Å². The van der Waals surface area contributed by atoms with Gasteiger partial charge < -0.3 is 15.3 Å². The van der Waals surface area contributed by atoms with Crippen molar-refractivity contribution in [2.75, 3.05) is 19.6 Å². The van der Waals surface area contributed by atoms with Crippen LogP contribution in [-0.2, 0) is 9.59 Å². The van der Waals surface area contributed by atoms with Crippen molar-refractivity contribution in [2.45, 2.75) is 39.7 Å². The van der Waals surface area contributed by atoms with Gasteiger partial charge in [0, 0.05) is 18.5 Å². The second-order valence-electron chi connectivity index (χ2n) is 4.65. The Morgan fingerprint density at radius 3 is 2.25 bits per heavy atom. The van der Waals surface area contributed by atoms with Crippen LogP contribution in [0.1, 0.15) is 34.1 Å². The SMILES string of the molecule is CCNCCC(=O)N(CC(=O)O)C(C)(C)C. The summed E-state index contributed by atoms with van der Waals surface area (Å²) in [5, 5.41) is 11.8. The number of carboxylic acid groups (broad SMARTS) is 1. The highest BCUT2D eigenvalue weighted by atomic mass is 16.4. The molecule has 0 aromatic heterocycles. The lowest BCUT2D eigenvalue weighted by molar-refractivity contribution is -0.148. The van der Waals surface area contributed by atoms with E-state index >= 15 is 0 Å². The number of amides is 1. The number of nitrogens with zero attached hydrogens (tertiary/aromatic N) is 1. The minimum atomic E-state index is -0.980. The summed E-state index contributed by atoms with van der Waals surface area (Å²) in [4.78, 5) is 23.9. The molecule has 0 aromatic rings. The number of carbonyl (C=O) groups excluding carboxylic acids is 1. The zero-order valence-corrected chi connectivity index (χ0v) is 10.5. The first kappa shape index (κ1) is 14.9. The molecule has 0 aliphatic heterocycles. The molecule has 0 aromatic carbocycles. The summed E-state index contributed by atoms with van der Waals surface area (Å²) >= 11 is 0. The predicted molar refractivity (Wildman–Crippen MR) is 62.3 cm³/mol. The molecule has 0 radical (unpaired) electrons.